The molecule has 1 aromatic carbocycles. The van der Waals surface area contributed by atoms with Gasteiger partial charge in [-0.3, -0.25) is 4.79 Å². The molecule has 1 saturated heterocycles. The maximum Gasteiger partial charge on any atom is 0.242 e. The molecule has 0 N–H and O–H groups in total. The van der Waals surface area contributed by atoms with Crippen LogP contribution in [-0.2, 0) is 11.3 Å². The Morgan fingerprint density at radius 2 is 1.85 bits per heavy atom. The zero-order valence-corrected chi connectivity index (χ0v) is 12.1. The van der Waals surface area contributed by atoms with Crippen molar-refractivity contribution < 1.29 is 4.79 Å². The van der Waals surface area contributed by atoms with Crippen LogP contribution < -0.4 is 0 Å². The number of likely N-dealkylation sites (tertiary alicyclic amines) is 1. The first kappa shape index (κ1) is 13.2. The summed E-state index contributed by atoms with van der Waals surface area (Å²) in [5.41, 5.74) is 2.43. The minimum Gasteiger partial charge on any atom is -0.341 e. The number of fused-ring (bicyclic) bond motifs is 1. The highest BCUT2D eigenvalue weighted by atomic mass is 16.2. The minimum absolute atomic E-state index is 0.255. The quantitative estimate of drug-likeness (QED) is 0.821. The second kappa shape index (κ2) is 5.70. The van der Waals surface area contributed by atoms with Crippen molar-refractivity contribution in [2.45, 2.75) is 39.2 Å². The molecule has 1 amide bonds. The number of amides is 1. The van der Waals surface area contributed by atoms with Gasteiger partial charge in [-0.25, -0.2) is 0 Å². The van der Waals surface area contributed by atoms with Gasteiger partial charge in [-0.2, -0.15) is 0 Å². The van der Waals surface area contributed by atoms with E-state index < -0.39 is 0 Å². The fourth-order valence-corrected chi connectivity index (χ4v) is 3.08. The highest BCUT2D eigenvalue weighted by Gasteiger charge is 2.16. The molecule has 0 bridgehead atoms. The second-order valence-electron chi connectivity index (χ2n) is 5.75. The summed E-state index contributed by atoms with van der Waals surface area (Å²) in [7, 11) is 0. The molecular formula is C17H22N2O. The van der Waals surface area contributed by atoms with Gasteiger partial charge in [-0.05, 0) is 37.5 Å². The predicted molar refractivity (Wildman–Crippen MR) is 81.7 cm³/mol. The highest BCUT2D eigenvalue weighted by molar-refractivity contribution is 5.85. The average Bonchev–Trinajstić information content (AvgIpc) is 2.69. The molecule has 20 heavy (non-hydrogen) atoms. The van der Waals surface area contributed by atoms with Crippen LogP contribution in [0.2, 0.25) is 0 Å². The lowest BCUT2D eigenvalue weighted by atomic mass is 10.1. The topological polar surface area (TPSA) is 25.2 Å². The van der Waals surface area contributed by atoms with Crippen LogP contribution in [-0.4, -0.2) is 28.5 Å². The fourth-order valence-electron chi connectivity index (χ4n) is 3.08. The molecule has 1 aromatic heterocycles. The van der Waals surface area contributed by atoms with E-state index in [1.807, 2.05) is 11.1 Å². The van der Waals surface area contributed by atoms with Crippen LogP contribution in [0.5, 0.6) is 0 Å². The molecule has 106 valence electrons. The van der Waals surface area contributed by atoms with Crippen molar-refractivity contribution in [2.75, 3.05) is 13.1 Å². The molecule has 3 rings (SSSR count). The molecule has 1 aliphatic rings. The third-order valence-corrected chi connectivity index (χ3v) is 4.30. The monoisotopic (exact) mass is 270 g/mol. The van der Waals surface area contributed by atoms with Crippen LogP contribution in [0, 0.1) is 6.92 Å². The number of aromatic nitrogens is 1. The van der Waals surface area contributed by atoms with Gasteiger partial charge in [0.2, 0.25) is 5.91 Å². The number of carbonyl (C=O) groups is 1. The van der Waals surface area contributed by atoms with Crippen LogP contribution in [0.3, 0.4) is 0 Å². The van der Waals surface area contributed by atoms with E-state index in [2.05, 4.69) is 35.8 Å². The van der Waals surface area contributed by atoms with Crippen LogP contribution in [0.4, 0.5) is 0 Å². The fraction of sp³-hybridized carbons (Fsp3) is 0.471. The van der Waals surface area contributed by atoms with Crippen molar-refractivity contribution in [1.82, 2.24) is 9.47 Å². The molecule has 2 heterocycles. The van der Waals surface area contributed by atoms with Crippen molar-refractivity contribution in [3.05, 3.63) is 36.0 Å². The van der Waals surface area contributed by atoms with Crippen LogP contribution in [0.25, 0.3) is 10.9 Å². The van der Waals surface area contributed by atoms with Gasteiger partial charge in [0.1, 0.15) is 6.54 Å². The normalized spacial score (nSPS) is 16.4. The van der Waals surface area contributed by atoms with E-state index in [0.29, 0.717) is 6.54 Å². The summed E-state index contributed by atoms with van der Waals surface area (Å²) in [6.45, 7) is 4.43. The summed E-state index contributed by atoms with van der Waals surface area (Å²) >= 11 is 0. The van der Waals surface area contributed by atoms with Crippen molar-refractivity contribution in [3.8, 4) is 0 Å². The number of hydrogen-bond donors (Lipinski definition) is 0. The Morgan fingerprint density at radius 1 is 1.10 bits per heavy atom. The lowest BCUT2D eigenvalue weighted by molar-refractivity contribution is -0.131. The van der Waals surface area contributed by atoms with Gasteiger partial charge in [0.15, 0.2) is 0 Å². The first-order valence-electron chi connectivity index (χ1n) is 7.58. The van der Waals surface area contributed by atoms with Crippen molar-refractivity contribution in [3.63, 3.8) is 0 Å². The van der Waals surface area contributed by atoms with E-state index in [0.717, 1.165) is 31.4 Å². The molecular weight excluding hydrogens is 248 g/mol. The number of nitrogens with zero attached hydrogens (tertiary/aromatic N) is 2. The average molecular weight is 270 g/mol. The standard InChI is InChI=1S/C17H22N2O/c1-14-7-6-8-16-15(14)9-12-19(16)13-17(20)18-10-4-2-3-5-11-18/h6-9,12H,2-5,10-11,13H2,1H3. The number of carbonyl (C=O) groups excluding carboxylic acids is 1. The Hall–Kier alpha value is -1.77. The van der Waals surface area contributed by atoms with Gasteiger partial charge >= 0.3 is 0 Å². The molecule has 0 radical (unpaired) electrons. The first-order valence-corrected chi connectivity index (χ1v) is 7.58. The van der Waals surface area contributed by atoms with Crippen molar-refractivity contribution >= 4 is 16.8 Å². The molecule has 0 atom stereocenters. The first-order chi connectivity index (χ1) is 9.75. The van der Waals surface area contributed by atoms with E-state index in [9.17, 15) is 4.79 Å². The lowest BCUT2D eigenvalue weighted by Crippen LogP contribution is -2.34. The van der Waals surface area contributed by atoms with E-state index >= 15 is 0 Å². The maximum absolute atomic E-state index is 12.5. The molecule has 2 aromatic rings. The van der Waals surface area contributed by atoms with Gasteiger partial charge in [-0.1, -0.05) is 25.0 Å². The summed E-state index contributed by atoms with van der Waals surface area (Å²) in [5.74, 6) is 0.255. The summed E-state index contributed by atoms with van der Waals surface area (Å²) in [6.07, 6.45) is 6.85. The zero-order valence-electron chi connectivity index (χ0n) is 12.1. The third-order valence-electron chi connectivity index (χ3n) is 4.30. The van der Waals surface area contributed by atoms with Crippen molar-refractivity contribution in [2.24, 2.45) is 0 Å². The van der Waals surface area contributed by atoms with Gasteiger partial charge in [0.25, 0.3) is 0 Å². The van der Waals surface area contributed by atoms with E-state index in [-0.39, 0.29) is 5.91 Å². The van der Waals surface area contributed by atoms with Crippen LogP contribution in [0.15, 0.2) is 30.5 Å². The predicted octanol–water partition coefficient (Wildman–Crippen LogP) is 3.35. The minimum atomic E-state index is 0.255. The Morgan fingerprint density at radius 3 is 2.60 bits per heavy atom. The number of rotatable bonds is 2. The SMILES string of the molecule is Cc1cccc2c1ccn2CC(=O)N1CCCCCC1. The maximum atomic E-state index is 12.5. The molecule has 0 saturated carbocycles. The largest absolute Gasteiger partial charge is 0.341 e. The van der Waals surface area contributed by atoms with Crippen LogP contribution in [0.1, 0.15) is 31.2 Å². The van der Waals surface area contributed by atoms with Gasteiger partial charge in [0, 0.05) is 30.2 Å². The summed E-state index contributed by atoms with van der Waals surface area (Å²) in [4.78, 5) is 14.5. The Kier molecular flexibility index (Phi) is 3.77. The molecule has 0 spiro atoms. The molecule has 1 aliphatic heterocycles. The van der Waals surface area contributed by atoms with E-state index in [4.69, 9.17) is 0 Å². The van der Waals surface area contributed by atoms with Gasteiger partial charge in [-0.15, -0.1) is 0 Å². The highest BCUT2D eigenvalue weighted by Crippen LogP contribution is 2.20. The van der Waals surface area contributed by atoms with Gasteiger partial charge in [0.05, 0.1) is 0 Å². The smallest absolute Gasteiger partial charge is 0.242 e. The van der Waals surface area contributed by atoms with Gasteiger partial charge < -0.3 is 9.47 Å². The number of aryl methyl sites for hydroxylation is 1. The molecule has 0 aliphatic carbocycles. The molecule has 3 heteroatoms. The summed E-state index contributed by atoms with van der Waals surface area (Å²) < 4.78 is 2.08. The summed E-state index contributed by atoms with van der Waals surface area (Å²) in [6, 6.07) is 8.38. The molecule has 0 unspecified atom stereocenters. The third kappa shape index (κ3) is 2.58. The molecule has 1 fully saturated rings. The number of benzene rings is 1. The lowest BCUT2D eigenvalue weighted by Gasteiger charge is -2.20. The van der Waals surface area contributed by atoms with Crippen LogP contribution >= 0.6 is 0 Å². The van der Waals surface area contributed by atoms with Crippen molar-refractivity contribution in [1.29, 1.82) is 0 Å². The second-order valence-corrected chi connectivity index (χ2v) is 5.75. The van der Waals surface area contributed by atoms with E-state index in [1.54, 1.807) is 0 Å². The summed E-state index contributed by atoms with van der Waals surface area (Å²) in [5, 5.41) is 1.25. The zero-order chi connectivity index (χ0) is 13.9. The Balaban J connectivity index is 1.78. The Labute approximate surface area is 120 Å². The number of hydrogen-bond acceptors (Lipinski definition) is 1. The van der Waals surface area contributed by atoms with E-state index in [1.165, 1.54) is 23.8 Å². The Bertz CT molecular complexity index is 606. The molecule has 3 nitrogen and oxygen atoms in total.